The molecule has 3 saturated heterocycles. The minimum Gasteiger partial charge on any atom is -0.381 e. The zero-order valence-corrected chi connectivity index (χ0v) is 29.2. The standard InChI is InChI=1S/C11H33Si5.3C4H8O.Li/c1-13(2,3)12(14(4,5)6)16(10,11)15(7,8)9;3*1-2-4-5-3-1;/h1-11H3;3*1-4H2;/q-1;;;;+1. The molecule has 3 aliphatic heterocycles. The van der Waals surface area contributed by atoms with Crippen LogP contribution in [0.4, 0.5) is 0 Å². The minimum atomic E-state index is -0.941. The molecule has 3 heterocycles. The van der Waals surface area contributed by atoms with Gasteiger partial charge in [-0.3, -0.25) is 7.35 Å². The maximum atomic E-state index is 4.94. The molecule has 0 atom stereocenters. The summed E-state index contributed by atoms with van der Waals surface area (Å²) in [5.74, 6) is 0. The second-order valence-corrected chi connectivity index (χ2v) is 61.7. The van der Waals surface area contributed by atoms with Gasteiger partial charge < -0.3 is 14.2 Å². The molecule has 0 aromatic carbocycles. The van der Waals surface area contributed by atoms with Crippen molar-refractivity contribution >= 4 is 37.2 Å². The van der Waals surface area contributed by atoms with Crippen LogP contribution in [0.25, 0.3) is 0 Å². The van der Waals surface area contributed by atoms with E-state index in [4.69, 9.17) is 14.2 Å². The molecule has 0 aromatic rings. The predicted octanol–water partition coefficient (Wildman–Crippen LogP) is 3.91. The summed E-state index contributed by atoms with van der Waals surface area (Å²) in [7, 11) is -3.70. The van der Waals surface area contributed by atoms with Gasteiger partial charge in [-0.2, -0.15) is 0 Å². The van der Waals surface area contributed by atoms with Crippen LogP contribution < -0.4 is 18.9 Å². The molecule has 0 aromatic heterocycles. The fraction of sp³-hybridized carbons (Fsp3) is 1.00. The Morgan fingerprint density at radius 2 is 0.656 bits per heavy atom. The molecule has 188 valence electrons. The number of ether oxygens (including phenoxy) is 3. The first-order valence-electron chi connectivity index (χ1n) is 12.7. The van der Waals surface area contributed by atoms with Gasteiger partial charge in [-0.15, -0.1) is 22.3 Å². The molecule has 3 fully saturated rings. The Balaban J connectivity index is 0. The van der Waals surface area contributed by atoms with Gasteiger partial charge in [0.2, 0.25) is 0 Å². The summed E-state index contributed by atoms with van der Waals surface area (Å²) in [4.78, 5) is 0. The summed E-state index contributed by atoms with van der Waals surface area (Å²) in [5, 5.41) is 0. The molecule has 32 heavy (non-hydrogen) atoms. The van der Waals surface area contributed by atoms with Crippen LogP contribution in [-0.2, 0) is 14.2 Å². The topological polar surface area (TPSA) is 27.7 Å². The molecule has 0 amide bonds. The molecule has 0 radical (unpaired) electrons. The van der Waals surface area contributed by atoms with E-state index in [2.05, 4.69) is 72.0 Å². The fourth-order valence-electron chi connectivity index (χ4n) is 4.91. The number of hydrogen-bond donors (Lipinski definition) is 0. The van der Waals surface area contributed by atoms with Gasteiger partial charge in [-0.25, -0.2) is 0 Å². The molecule has 0 aliphatic carbocycles. The van der Waals surface area contributed by atoms with E-state index >= 15 is 0 Å². The smallest absolute Gasteiger partial charge is 0.381 e. The van der Waals surface area contributed by atoms with Crippen molar-refractivity contribution in [1.82, 2.24) is 0 Å². The largest absolute Gasteiger partial charge is 1.00 e. The first-order valence-corrected chi connectivity index (χ1v) is 31.7. The Kier molecular flexibility index (Phi) is 19.1. The van der Waals surface area contributed by atoms with Crippen molar-refractivity contribution in [2.45, 2.75) is 111 Å². The van der Waals surface area contributed by atoms with Gasteiger partial charge in [-0.05, 0) is 38.5 Å². The summed E-state index contributed by atoms with van der Waals surface area (Å²) in [5.41, 5.74) is 0. The van der Waals surface area contributed by atoms with E-state index in [0.29, 0.717) is 0 Å². The molecule has 3 aliphatic rings. The van der Waals surface area contributed by atoms with Gasteiger partial charge in [0.1, 0.15) is 0 Å². The van der Waals surface area contributed by atoms with E-state index in [-0.39, 0.29) is 26.2 Å². The summed E-state index contributed by atoms with van der Waals surface area (Å²) in [6, 6.07) is 0. The SMILES string of the molecule is C1CCOC1.C1CCOC1.C1CCOC1.C[Si](C)(C)[Si-]([Si](C)(C)C)[Si](C)(C)[Si](C)(C)C.[Li+]. The normalized spacial score (nSPS) is 19.1. The van der Waals surface area contributed by atoms with Crippen molar-refractivity contribution in [3.05, 3.63) is 0 Å². The van der Waals surface area contributed by atoms with Gasteiger partial charge in [-0.1, -0.05) is 72.0 Å². The van der Waals surface area contributed by atoms with Crippen LogP contribution in [0.15, 0.2) is 0 Å². The molecule has 9 heteroatoms. The van der Waals surface area contributed by atoms with E-state index in [1.54, 1.807) is 0 Å². The second-order valence-electron chi connectivity index (χ2n) is 12.7. The molecule has 3 rings (SSSR count). The third-order valence-electron chi connectivity index (χ3n) is 6.48. The summed E-state index contributed by atoms with van der Waals surface area (Å²) in [6.07, 6.45) is 7.67. The summed E-state index contributed by atoms with van der Waals surface area (Å²) >= 11 is 0. The zero-order chi connectivity index (χ0) is 24.2. The molecule has 0 spiro atoms. The van der Waals surface area contributed by atoms with E-state index in [1.807, 2.05) is 0 Å². The molecule has 3 nitrogen and oxygen atoms in total. The average Bonchev–Trinajstić information content (AvgIpc) is 3.38. The number of rotatable bonds is 4. The van der Waals surface area contributed by atoms with Crippen molar-refractivity contribution in [1.29, 1.82) is 0 Å². The first kappa shape index (κ1) is 35.7. The van der Waals surface area contributed by atoms with Crippen molar-refractivity contribution in [2.24, 2.45) is 0 Å². The van der Waals surface area contributed by atoms with Crippen LogP contribution in [0, 0.1) is 0 Å². The average molecular weight is 529 g/mol. The monoisotopic (exact) mass is 528 g/mol. The molecule has 0 unspecified atom stereocenters. The van der Waals surface area contributed by atoms with Gasteiger partial charge in [0, 0.05) is 47.2 Å². The van der Waals surface area contributed by atoms with E-state index < -0.39 is 29.9 Å². The minimum absolute atomic E-state index is 0. The van der Waals surface area contributed by atoms with Crippen molar-refractivity contribution in [3.63, 3.8) is 0 Å². The quantitative estimate of drug-likeness (QED) is 0.518. The molecular formula is C23H57LiO3Si5. The zero-order valence-electron chi connectivity index (χ0n) is 24.2. The van der Waals surface area contributed by atoms with E-state index in [0.717, 1.165) is 39.6 Å². The van der Waals surface area contributed by atoms with Crippen molar-refractivity contribution < 1.29 is 33.1 Å². The van der Waals surface area contributed by atoms with Crippen molar-refractivity contribution in [2.75, 3.05) is 39.6 Å². The van der Waals surface area contributed by atoms with Gasteiger partial charge in [0.05, 0.1) is 0 Å². The van der Waals surface area contributed by atoms with Gasteiger partial charge in [0.25, 0.3) is 0 Å². The van der Waals surface area contributed by atoms with Crippen molar-refractivity contribution in [3.8, 4) is 0 Å². The van der Waals surface area contributed by atoms with Crippen LogP contribution in [0.3, 0.4) is 0 Å². The van der Waals surface area contributed by atoms with Crippen LogP contribution >= 0.6 is 0 Å². The molecule has 0 saturated carbocycles. The van der Waals surface area contributed by atoms with Crippen LogP contribution in [0.5, 0.6) is 0 Å². The Morgan fingerprint density at radius 1 is 0.438 bits per heavy atom. The van der Waals surface area contributed by atoms with Crippen LogP contribution in [0.2, 0.25) is 72.0 Å². The summed E-state index contributed by atoms with van der Waals surface area (Å²) < 4.78 is 14.8. The third-order valence-corrected chi connectivity index (χ3v) is 90.2. The van der Waals surface area contributed by atoms with Crippen LogP contribution in [-0.4, -0.2) is 76.9 Å². The molecule has 0 bridgehead atoms. The first-order chi connectivity index (χ1) is 14.1. The molecular weight excluding hydrogens is 472 g/mol. The summed E-state index contributed by atoms with van der Waals surface area (Å²) in [6.45, 7) is 35.4. The molecule has 0 N–H and O–H groups in total. The van der Waals surface area contributed by atoms with Crippen LogP contribution in [0.1, 0.15) is 38.5 Å². The Morgan fingerprint density at radius 3 is 0.719 bits per heavy atom. The van der Waals surface area contributed by atoms with E-state index in [9.17, 15) is 0 Å². The van der Waals surface area contributed by atoms with Gasteiger partial charge in [0.15, 0.2) is 0 Å². The third kappa shape index (κ3) is 15.5. The maximum absolute atomic E-state index is 4.94. The van der Waals surface area contributed by atoms with E-state index in [1.165, 1.54) is 38.5 Å². The Bertz CT molecular complexity index is 387. The van der Waals surface area contributed by atoms with Gasteiger partial charge >= 0.3 is 18.9 Å². The second kappa shape index (κ2) is 17.1. The Labute approximate surface area is 219 Å². The maximum Gasteiger partial charge on any atom is 1.00 e. The number of hydrogen-bond acceptors (Lipinski definition) is 3. The fourth-order valence-corrected chi connectivity index (χ4v) is 133. The predicted molar refractivity (Wildman–Crippen MR) is 153 cm³/mol. The Hall–Kier alpha value is 1.56.